The third kappa shape index (κ3) is 3.96. The highest BCUT2D eigenvalue weighted by Gasteiger charge is 2.34. The molecule has 0 aromatic heterocycles. The number of amides is 2. The third-order valence-electron chi connectivity index (χ3n) is 5.11. The van der Waals surface area contributed by atoms with Gasteiger partial charge in [-0.25, -0.2) is 0 Å². The Morgan fingerprint density at radius 2 is 1.77 bits per heavy atom. The van der Waals surface area contributed by atoms with Crippen LogP contribution in [0.2, 0.25) is 0 Å². The number of imide groups is 1. The van der Waals surface area contributed by atoms with E-state index in [1.807, 2.05) is 6.92 Å². The summed E-state index contributed by atoms with van der Waals surface area (Å²) >= 11 is 0. The zero-order valence-corrected chi connectivity index (χ0v) is 15.3. The van der Waals surface area contributed by atoms with Gasteiger partial charge in [0.15, 0.2) is 0 Å². The fraction of sp³-hybridized carbons (Fsp3) is 0.550. The number of ether oxygens (including phenoxy) is 1. The molecule has 1 atom stereocenters. The highest BCUT2D eigenvalue weighted by Crippen LogP contribution is 2.23. The molecule has 0 aliphatic carbocycles. The number of nitrogens with zero attached hydrogens (tertiary/aromatic N) is 2. The minimum atomic E-state index is -0.189. The van der Waals surface area contributed by atoms with Crippen molar-refractivity contribution >= 4 is 17.8 Å². The van der Waals surface area contributed by atoms with Gasteiger partial charge in [-0.3, -0.25) is 19.3 Å². The smallest absolute Gasteiger partial charge is 0.310 e. The van der Waals surface area contributed by atoms with E-state index in [9.17, 15) is 14.4 Å². The maximum Gasteiger partial charge on any atom is 0.310 e. The Labute approximate surface area is 154 Å². The molecule has 2 aliphatic rings. The van der Waals surface area contributed by atoms with Crippen molar-refractivity contribution in [1.82, 2.24) is 9.80 Å². The molecular weight excluding hydrogens is 332 g/mol. The lowest BCUT2D eigenvalue weighted by molar-refractivity contribution is -0.149. The Bertz CT molecular complexity index is 653. The number of unbranched alkanes of at least 4 members (excludes halogenated alkanes) is 1. The van der Waals surface area contributed by atoms with Gasteiger partial charge in [0.1, 0.15) is 0 Å². The van der Waals surface area contributed by atoms with Crippen LogP contribution in [0.5, 0.6) is 0 Å². The van der Waals surface area contributed by atoms with Crippen molar-refractivity contribution in [2.75, 3.05) is 32.8 Å². The van der Waals surface area contributed by atoms with Crippen LogP contribution in [-0.4, -0.2) is 60.4 Å². The lowest BCUT2D eigenvalue weighted by Crippen LogP contribution is -2.40. The monoisotopic (exact) mass is 358 g/mol. The fourth-order valence-corrected chi connectivity index (χ4v) is 3.76. The van der Waals surface area contributed by atoms with Crippen molar-refractivity contribution in [2.24, 2.45) is 5.92 Å². The predicted molar refractivity (Wildman–Crippen MR) is 96.8 cm³/mol. The van der Waals surface area contributed by atoms with Crippen LogP contribution in [0.4, 0.5) is 0 Å². The van der Waals surface area contributed by atoms with Crippen LogP contribution in [-0.2, 0) is 9.53 Å². The molecule has 0 unspecified atom stereocenters. The largest absolute Gasteiger partial charge is 0.466 e. The van der Waals surface area contributed by atoms with E-state index in [1.54, 1.807) is 24.3 Å². The number of hydrogen-bond donors (Lipinski definition) is 0. The van der Waals surface area contributed by atoms with Gasteiger partial charge in [0, 0.05) is 13.1 Å². The van der Waals surface area contributed by atoms with Gasteiger partial charge < -0.3 is 9.64 Å². The van der Waals surface area contributed by atoms with Crippen molar-refractivity contribution in [3.05, 3.63) is 35.4 Å². The summed E-state index contributed by atoms with van der Waals surface area (Å²) in [5.74, 6) is -0.500. The summed E-state index contributed by atoms with van der Waals surface area (Å²) in [7, 11) is 0. The maximum absolute atomic E-state index is 12.3. The van der Waals surface area contributed by atoms with E-state index < -0.39 is 0 Å². The summed E-state index contributed by atoms with van der Waals surface area (Å²) in [6.45, 7) is 5.31. The number of likely N-dealkylation sites (tertiary alicyclic amines) is 1. The first kappa shape index (κ1) is 18.6. The SMILES string of the molecule is CCOC(=O)[C@H]1CCCN(CCCCN2C(=O)c3ccccc3C2=O)C1. The molecule has 2 heterocycles. The van der Waals surface area contributed by atoms with E-state index in [0.717, 1.165) is 45.3 Å². The zero-order chi connectivity index (χ0) is 18.5. The van der Waals surface area contributed by atoms with Crippen molar-refractivity contribution < 1.29 is 19.1 Å². The quantitative estimate of drug-likeness (QED) is 0.425. The number of hydrogen-bond acceptors (Lipinski definition) is 5. The minimum Gasteiger partial charge on any atom is -0.466 e. The number of fused-ring (bicyclic) bond motifs is 1. The number of carbonyl (C=O) groups is 3. The van der Waals surface area contributed by atoms with Gasteiger partial charge in [0.25, 0.3) is 11.8 Å². The van der Waals surface area contributed by atoms with Crippen LogP contribution in [0, 0.1) is 5.92 Å². The van der Waals surface area contributed by atoms with E-state index in [4.69, 9.17) is 4.74 Å². The van der Waals surface area contributed by atoms with Crippen molar-refractivity contribution in [1.29, 1.82) is 0 Å². The second-order valence-corrected chi connectivity index (χ2v) is 6.91. The summed E-state index contributed by atoms with van der Waals surface area (Å²) in [6.07, 6.45) is 3.56. The zero-order valence-electron chi connectivity index (χ0n) is 15.3. The molecule has 26 heavy (non-hydrogen) atoms. The summed E-state index contributed by atoms with van der Waals surface area (Å²) < 4.78 is 5.13. The van der Waals surface area contributed by atoms with Crippen LogP contribution in [0.25, 0.3) is 0 Å². The molecule has 0 saturated carbocycles. The molecule has 140 valence electrons. The molecule has 2 amide bonds. The molecule has 0 radical (unpaired) electrons. The Morgan fingerprint density at radius 3 is 2.42 bits per heavy atom. The van der Waals surface area contributed by atoms with Gasteiger partial charge in [-0.1, -0.05) is 12.1 Å². The standard InChI is InChI=1S/C20H26N2O4/c1-2-26-20(25)15-8-7-12-21(14-15)11-5-6-13-22-18(23)16-9-3-4-10-17(16)19(22)24/h3-4,9-10,15H,2,5-8,11-14H2,1H3/t15-/m0/s1. The molecular formula is C20H26N2O4. The summed E-state index contributed by atoms with van der Waals surface area (Å²) in [5, 5.41) is 0. The first-order valence-electron chi connectivity index (χ1n) is 9.46. The lowest BCUT2D eigenvalue weighted by atomic mass is 9.98. The number of rotatable bonds is 7. The van der Waals surface area contributed by atoms with Gasteiger partial charge in [-0.15, -0.1) is 0 Å². The van der Waals surface area contributed by atoms with Gasteiger partial charge in [-0.05, 0) is 57.8 Å². The van der Waals surface area contributed by atoms with Crippen LogP contribution in [0.3, 0.4) is 0 Å². The van der Waals surface area contributed by atoms with E-state index in [1.165, 1.54) is 4.90 Å². The number of carbonyl (C=O) groups excluding carboxylic acids is 3. The first-order valence-corrected chi connectivity index (χ1v) is 9.46. The molecule has 1 aromatic carbocycles. The van der Waals surface area contributed by atoms with Crippen LogP contribution in [0.1, 0.15) is 53.3 Å². The fourth-order valence-electron chi connectivity index (χ4n) is 3.76. The van der Waals surface area contributed by atoms with Gasteiger partial charge >= 0.3 is 5.97 Å². The Kier molecular flexibility index (Phi) is 6.04. The average molecular weight is 358 g/mol. The molecule has 3 rings (SSSR count). The number of benzene rings is 1. The van der Waals surface area contributed by atoms with Crippen LogP contribution < -0.4 is 0 Å². The second kappa shape index (κ2) is 8.45. The Balaban J connectivity index is 1.43. The summed E-state index contributed by atoms with van der Waals surface area (Å²) in [6, 6.07) is 6.98. The normalized spacial score (nSPS) is 20.3. The van der Waals surface area contributed by atoms with Gasteiger partial charge in [-0.2, -0.15) is 0 Å². The van der Waals surface area contributed by atoms with Gasteiger partial charge in [0.2, 0.25) is 0 Å². The highest BCUT2D eigenvalue weighted by molar-refractivity contribution is 6.21. The van der Waals surface area contributed by atoms with E-state index in [-0.39, 0.29) is 23.7 Å². The number of piperidine rings is 1. The second-order valence-electron chi connectivity index (χ2n) is 6.91. The molecule has 0 spiro atoms. The average Bonchev–Trinajstić information content (AvgIpc) is 2.90. The number of esters is 1. The predicted octanol–water partition coefficient (Wildman–Crippen LogP) is 2.34. The minimum absolute atomic E-state index is 0.0278. The Hall–Kier alpha value is -2.21. The molecule has 0 N–H and O–H groups in total. The van der Waals surface area contributed by atoms with E-state index in [0.29, 0.717) is 24.3 Å². The molecule has 1 fully saturated rings. The summed E-state index contributed by atoms with van der Waals surface area (Å²) in [5.41, 5.74) is 1.01. The van der Waals surface area contributed by atoms with Gasteiger partial charge in [0.05, 0.1) is 23.7 Å². The van der Waals surface area contributed by atoms with E-state index >= 15 is 0 Å². The first-order chi connectivity index (χ1) is 12.6. The lowest BCUT2D eigenvalue weighted by Gasteiger charge is -2.31. The van der Waals surface area contributed by atoms with Crippen LogP contribution in [0.15, 0.2) is 24.3 Å². The molecule has 0 bridgehead atoms. The van der Waals surface area contributed by atoms with Crippen molar-refractivity contribution in [3.8, 4) is 0 Å². The molecule has 6 heteroatoms. The Morgan fingerprint density at radius 1 is 1.12 bits per heavy atom. The van der Waals surface area contributed by atoms with Crippen LogP contribution >= 0.6 is 0 Å². The third-order valence-corrected chi connectivity index (χ3v) is 5.11. The molecule has 6 nitrogen and oxygen atoms in total. The topological polar surface area (TPSA) is 66.9 Å². The molecule has 2 aliphatic heterocycles. The maximum atomic E-state index is 12.3. The highest BCUT2D eigenvalue weighted by atomic mass is 16.5. The summed E-state index contributed by atoms with van der Waals surface area (Å²) in [4.78, 5) is 40.2. The van der Waals surface area contributed by atoms with Crippen molar-refractivity contribution in [3.63, 3.8) is 0 Å². The van der Waals surface area contributed by atoms with E-state index in [2.05, 4.69) is 4.90 Å². The molecule has 1 aromatic rings. The van der Waals surface area contributed by atoms with Crippen molar-refractivity contribution in [2.45, 2.75) is 32.6 Å². The molecule has 1 saturated heterocycles.